The molecule has 4 amide bonds. The van der Waals surface area contributed by atoms with Crippen molar-refractivity contribution in [3.63, 3.8) is 0 Å². The summed E-state index contributed by atoms with van der Waals surface area (Å²) in [5.74, 6) is -0.808. The van der Waals surface area contributed by atoms with Crippen molar-refractivity contribution in [2.24, 2.45) is 0 Å². The number of hydrogen-bond acceptors (Lipinski definition) is 3. The number of nitrogens with zero attached hydrogens (tertiary/aromatic N) is 1. The van der Waals surface area contributed by atoms with Gasteiger partial charge in [0.05, 0.1) is 0 Å². The third kappa shape index (κ3) is 3.38. The number of hydrogen-bond donors (Lipinski definition) is 2. The van der Waals surface area contributed by atoms with E-state index in [1.165, 1.54) is 0 Å². The number of aryl methyl sites for hydroxylation is 3. The van der Waals surface area contributed by atoms with E-state index in [1.54, 1.807) is 0 Å². The van der Waals surface area contributed by atoms with Gasteiger partial charge in [0.1, 0.15) is 12.1 Å². The summed E-state index contributed by atoms with van der Waals surface area (Å²) in [4.78, 5) is 39.2. The highest BCUT2D eigenvalue weighted by Gasteiger charge is 2.51. The number of carbonyl (C=O) groups is 3. The third-order valence-electron chi connectivity index (χ3n) is 5.22. The van der Waals surface area contributed by atoms with Crippen molar-refractivity contribution in [1.82, 2.24) is 10.2 Å². The Morgan fingerprint density at radius 1 is 1.07 bits per heavy atom. The Hall–Kier alpha value is -3.15. The lowest BCUT2D eigenvalue weighted by molar-refractivity contribution is -0.134. The summed E-state index contributed by atoms with van der Waals surface area (Å²) in [5.41, 5.74) is 3.29. The van der Waals surface area contributed by atoms with Crippen LogP contribution in [0.25, 0.3) is 0 Å². The lowest BCUT2D eigenvalue weighted by atomic mass is 9.87. The molecule has 1 unspecified atom stereocenters. The maximum atomic E-state index is 13.1. The maximum Gasteiger partial charge on any atom is 0.325 e. The summed E-state index contributed by atoms with van der Waals surface area (Å²) >= 11 is 0. The minimum atomic E-state index is -1.13. The van der Waals surface area contributed by atoms with Crippen LogP contribution in [0.3, 0.4) is 0 Å². The van der Waals surface area contributed by atoms with E-state index in [1.807, 2.05) is 70.2 Å². The van der Waals surface area contributed by atoms with Crippen LogP contribution in [-0.2, 0) is 15.1 Å². The Balaban J connectivity index is 1.80. The fourth-order valence-electron chi connectivity index (χ4n) is 3.83. The molecule has 2 N–H and O–H groups in total. The van der Waals surface area contributed by atoms with Gasteiger partial charge in [0, 0.05) is 5.69 Å². The molecule has 0 aliphatic carbocycles. The highest BCUT2D eigenvalue weighted by atomic mass is 16.2. The lowest BCUT2D eigenvalue weighted by Gasteiger charge is -2.25. The van der Waals surface area contributed by atoms with Gasteiger partial charge < -0.3 is 10.6 Å². The number of amides is 4. The van der Waals surface area contributed by atoms with Gasteiger partial charge in [0.25, 0.3) is 5.91 Å². The van der Waals surface area contributed by atoms with Gasteiger partial charge in [-0.05, 0) is 43.9 Å². The number of benzene rings is 2. The molecule has 28 heavy (non-hydrogen) atoms. The normalized spacial score (nSPS) is 18.9. The first-order valence-electron chi connectivity index (χ1n) is 9.36. The number of imide groups is 1. The van der Waals surface area contributed by atoms with E-state index in [2.05, 4.69) is 10.6 Å². The zero-order valence-corrected chi connectivity index (χ0v) is 16.6. The van der Waals surface area contributed by atoms with Crippen molar-refractivity contribution in [2.75, 3.05) is 11.9 Å². The summed E-state index contributed by atoms with van der Waals surface area (Å²) in [6.45, 7) is 7.34. The summed E-state index contributed by atoms with van der Waals surface area (Å²) in [6.07, 6.45) is 0.399. The zero-order chi connectivity index (χ0) is 20.5. The Bertz CT molecular complexity index is 916. The first-order chi connectivity index (χ1) is 13.3. The topological polar surface area (TPSA) is 78.5 Å². The summed E-state index contributed by atoms with van der Waals surface area (Å²) < 4.78 is 0. The molecule has 1 saturated heterocycles. The maximum absolute atomic E-state index is 13.1. The molecule has 2 aromatic rings. The second kappa shape index (κ2) is 7.46. The second-order valence-electron chi connectivity index (χ2n) is 7.27. The van der Waals surface area contributed by atoms with E-state index < -0.39 is 23.4 Å². The van der Waals surface area contributed by atoms with E-state index in [-0.39, 0.29) is 6.54 Å². The first kappa shape index (κ1) is 19.6. The molecule has 0 spiro atoms. The Morgan fingerprint density at radius 3 is 2.25 bits per heavy atom. The lowest BCUT2D eigenvalue weighted by Crippen LogP contribution is -2.44. The fraction of sp³-hybridized carbons (Fsp3) is 0.318. The van der Waals surface area contributed by atoms with Crippen LogP contribution in [0, 0.1) is 20.8 Å². The largest absolute Gasteiger partial charge is 0.325 e. The standard InChI is InChI=1S/C22H25N3O3/c1-5-22(17-9-7-6-8-10-17)20(27)25(21(28)24-22)13-18(26)23-19-15(3)11-14(2)12-16(19)4/h6-12H,5,13H2,1-4H3,(H,23,26)(H,24,28). The molecule has 1 aliphatic rings. The summed E-state index contributed by atoms with van der Waals surface area (Å²) in [5, 5.41) is 5.64. The quantitative estimate of drug-likeness (QED) is 0.782. The van der Waals surface area contributed by atoms with Crippen LogP contribution < -0.4 is 10.6 Å². The predicted molar refractivity (Wildman–Crippen MR) is 108 cm³/mol. The van der Waals surface area contributed by atoms with Gasteiger partial charge in [-0.1, -0.05) is 55.0 Å². The van der Waals surface area contributed by atoms with Gasteiger partial charge in [-0.25, -0.2) is 4.79 Å². The van der Waals surface area contributed by atoms with Gasteiger partial charge >= 0.3 is 6.03 Å². The monoisotopic (exact) mass is 379 g/mol. The highest BCUT2D eigenvalue weighted by Crippen LogP contribution is 2.32. The number of urea groups is 1. The molecule has 146 valence electrons. The van der Waals surface area contributed by atoms with Crippen molar-refractivity contribution in [1.29, 1.82) is 0 Å². The summed E-state index contributed by atoms with van der Waals surface area (Å²) in [6, 6.07) is 12.5. The minimum absolute atomic E-state index is 0.327. The number of rotatable bonds is 5. The SMILES string of the molecule is CCC1(c2ccccc2)NC(=O)N(CC(=O)Nc2c(C)cc(C)cc2C)C1=O. The molecular formula is C22H25N3O3. The van der Waals surface area contributed by atoms with Crippen LogP contribution >= 0.6 is 0 Å². The molecule has 0 bridgehead atoms. The number of nitrogens with one attached hydrogen (secondary N) is 2. The molecule has 0 aromatic heterocycles. The number of carbonyl (C=O) groups excluding carboxylic acids is 3. The zero-order valence-electron chi connectivity index (χ0n) is 16.6. The molecule has 2 aromatic carbocycles. The van der Waals surface area contributed by atoms with Crippen LogP contribution in [0.2, 0.25) is 0 Å². The van der Waals surface area contributed by atoms with Gasteiger partial charge in [0.15, 0.2) is 0 Å². The van der Waals surface area contributed by atoms with E-state index in [4.69, 9.17) is 0 Å². The van der Waals surface area contributed by atoms with Gasteiger partial charge in [0.2, 0.25) is 5.91 Å². The molecule has 0 radical (unpaired) electrons. The van der Waals surface area contributed by atoms with E-state index in [0.29, 0.717) is 17.7 Å². The van der Waals surface area contributed by atoms with Crippen LogP contribution in [0.5, 0.6) is 0 Å². The van der Waals surface area contributed by atoms with Crippen LogP contribution in [0.4, 0.5) is 10.5 Å². The van der Waals surface area contributed by atoms with E-state index in [9.17, 15) is 14.4 Å². The van der Waals surface area contributed by atoms with Crippen molar-refractivity contribution in [3.8, 4) is 0 Å². The molecule has 6 nitrogen and oxygen atoms in total. The molecular weight excluding hydrogens is 354 g/mol. The molecule has 1 heterocycles. The Morgan fingerprint density at radius 2 is 1.68 bits per heavy atom. The van der Waals surface area contributed by atoms with Gasteiger partial charge in [-0.2, -0.15) is 0 Å². The van der Waals surface area contributed by atoms with Crippen molar-refractivity contribution >= 4 is 23.5 Å². The molecule has 1 fully saturated rings. The summed E-state index contributed by atoms with van der Waals surface area (Å²) in [7, 11) is 0. The van der Waals surface area contributed by atoms with Crippen molar-refractivity contribution < 1.29 is 14.4 Å². The fourth-order valence-corrected chi connectivity index (χ4v) is 3.83. The second-order valence-corrected chi connectivity index (χ2v) is 7.27. The highest BCUT2D eigenvalue weighted by molar-refractivity contribution is 6.10. The van der Waals surface area contributed by atoms with E-state index >= 15 is 0 Å². The predicted octanol–water partition coefficient (Wildman–Crippen LogP) is 3.41. The van der Waals surface area contributed by atoms with Crippen LogP contribution in [0.1, 0.15) is 35.6 Å². The smallest absolute Gasteiger partial charge is 0.324 e. The average molecular weight is 379 g/mol. The van der Waals surface area contributed by atoms with Crippen LogP contribution in [0.15, 0.2) is 42.5 Å². The Labute approximate surface area is 164 Å². The molecule has 3 rings (SSSR count). The average Bonchev–Trinajstić information content (AvgIpc) is 2.90. The van der Waals surface area contributed by atoms with Gasteiger partial charge in [-0.3, -0.25) is 14.5 Å². The van der Waals surface area contributed by atoms with Crippen LogP contribution in [-0.4, -0.2) is 29.3 Å². The van der Waals surface area contributed by atoms with Crippen molar-refractivity contribution in [2.45, 2.75) is 39.7 Å². The molecule has 1 atom stereocenters. The molecule has 6 heteroatoms. The van der Waals surface area contributed by atoms with E-state index in [0.717, 1.165) is 21.6 Å². The number of anilines is 1. The molecule has 1 aliphatic heterocycles. The Kier molecular flexibility index (Phi) is 5.23. The van der Waals surface area contributed by atoms with Crippen molar-refractivity contribution in [3.05, 3.63) is 64.7 Å². The van der Waals surface area contributed by atoms with Gasteiger partial charge in [-0.15, -0.1) is 0 Å². The third-order valence-corrected chi connectivity index (χ3v) is 5.22. The molecule has 0 saturated carbocycles. The minimum Gasteiger partial charge on any atom is -0.324 e. The first-order valence-corrected chi connectivity index (χ1v) is 9.36.